The Kier molecular flexibility index (Phi) is 6.29. The summed E-state index contributed by atoms with van der Waals surface area (Å²) >= 11 is 1.63. The monoisotopic (exact) mass is 367 g/mol. The maximum Gasteiger partial charge on any atom is 0.238 e. The van der Waals surface area contributed by atoms with Crippen LogP contribution in [0.15, 0.2) is 40.4 Å². The van der Waals surface area contributed by atoms with E-state index in [-0.39, 0.29) is 4.90 Å². The average Bonchev–Trinajstić information content (AvgIpc) is 2.95. The molecule has 0 radical (unpaired) electrons. The van der Waals surface area contributed by atoms with Crippen LogP contribution in [0, 0.1) is 6.92 Å². The van der Waals surface area contributed by atoms with Crippen LogP contribution in [0.4, 0.5) is 0 Å². The lowest BCUT2D eigenvalue weighted by Gasteiger charge is -2.10. The molecule has 0 amide bonds. The molecule has 2 rings (SSSR count). The Labute approximate surface area is 146 Å². The lowest BCUT2D eigenvalue weighted by Crippen LogP contribution is -2.36. The van der Waals surface area contributed by atoms with Crippen LogP contribution in [0.5, 0.6) is 0 Å². The van der Waals surface area contributed by atoms with E-state index >= 15 is 0 Å². The van der Waals surface area contributed by atoms with E-state index in [1.54, 1.807) is 17.4 Å². The predicted molar refractivity (Wildman–Crippen MR) is 96.3 cm³/mol. The number of aromatic nitrogens is 1. The van der Waals surface area contributed by atoms with Crippen molar-refractivity contribution in [1.29, 1.82) is 0 Å². The Bertz CT molecular complexity index is 815. The molecule has 0 spiro atoms. The zero-order valence-electron chi connectivity index (χ0n) is 13.6. The number of aliphatic imine (C=N–C) groups is 1. The zero-order valence-corrected chi connectivity index (χ0v) is 15.2. The van der Waals surface area contributed by atoms with Crippen molar-refractivity contribution in [1.82, 2.24) is 15.6 Å². The number of nitrogens with zero attached hydrogens (tertiary/aromatic N) is 2. The molecule has 0 aliphatic rings. The highest BCUT2D eigenvalue weighted by Gasteiger charge is 2.08. The smallest absolute Gasteiger partial charge is 0.238 e. The van der Waals surface area contributed by atoms with E-state index < -0.39 is 10.0 Å². The van der Waals surface area contributed by atoms with Gasteiger partial charge in [0.05, 0.1) is 18.0 Å². The second-order valence-corrected chi connectivity index (χ2v) is 7.99. The summed E-state index contributed by atoms with van der Waals surface area (Å²) in [6.07, 6.45) is 1.84. The Morgan fingerprint density at radius 2 is 2.17 bits per heavy atom. The Hall–Kier alpha value is -1.97. The summed E-state index contributed by atoms with van der Waals surface area (Å²) in [5.41, 5.74) is 0.767. The molecule has 0 bridgehead atoms. The minimum atomic E-state index is -3.70. The van der Waals surface area contributed by atoms with E-state index in [1.165, 1.54) is 12.1 Å². The van der Waals surface area contributed by atoms with Gasteiger partial charge in [0, 0.05) is 17.6 Å². The number of guanidine groups is 1. The molecule has 0 unspecified atom stereocenters. The molecular formula is C15H21N5O2S2. The van der Waals surface area contributed by atoms with Gasteiger partial charge < -0.3 is 10.6 Å². The van der Waals surface area contributed by atoms with E-state index in [0.29, 0.717) is 19.0 Å². The van der Waals surface area contributed by atoms with Gasteiger partial charge in [0.2, 0.25) is 10.0 Å². The van der Waals surface area contributed by atoms with Gasteiger partial charge >= 0.3 is 0 Å². The van der Waals surface area contributed by atoms with Crippen LogP contribution < -0.4 is 15.8 Å². The molecule has 0 atom stereocenters. The number of hydrogen-bond acceptors (Lipinski definition) is 5. The molecule has 1 aromatic carbocycles. The summed E-state index contributed by atoms with van der Waals surface area (Å²) in [5.74, 6) is 0.645. The molecular weight excluding hydrogens is 346 g/mol. The van der Waals surface area contributed by atoms with E-state index in [0.717, 1.165) is 22.0 Å². The van der Waals surface area contributed by atoms with Crippen LogP contribution in [0.1, 0.15) is 22.4 Å². The minimum absolute atomic E-state index is 0.0893. The third kappa shape index (κ3) is 5.59. The summed E-state index contributed by atoms with van der Waals surface area (Å²) < 4.78 is 22.8. The summed E-state index contributed by atoms with van der Waals surface area (Å²) in [6.45, 7) is 5.64. The van der Waals surface area contributed by atoms with Gasteiger partial charge in [-0.05, 0) is 31.5 Å². The third-order valence-electron chi connectivity index (χ3n) is 3.07. The number of primary sulfonamides is 1. The number of rotatable bonds is 6. The van der Waals surface area contributed by atoms with E-state index in [1.807, 2.05) is 26.1 Å². The van der Waals surface area contributed by atoms with Crippen LogP contribution in [0.3, 0.4) is 0 Å². The molecule has 2 aromatic rings. The van der Waals surface area contributed by atoms with Crippen molar-refractivity contribution >= 4 is 27.3 Å². The van der Waals surface area contributed by atoms with Gasteiger partial charge in [-0.3, -0.25) is 0 Å². The zero-order chi connectivity index (χ0) is 17.6. The van der Waals surface area contributed by atoms with Gasteiger partial charge in [-0.15, -0.1) is 11.3 Å². The van der Waals surface area contributed by atoms with Gasteiger partial charge in [-0.2, -0.15) is 0 Å². The minimum Gasteiger partial charge on any atom is -0.357 e. The van der Waals surface area contributed by atoms with Crippen LogP contribution in [-0.4, -0.2) is 25.9 Å². The third-order valence-corrected chi connectivity index (χ3v) is 4.89. The quantitative estimate of drug-likeness (QED) is 0.527. The summed E-state index contributed by atoms with van der Waals surface area (Å²) in [7, 11) is -3.70. The fraction of sp³-hybridized carbons (Fsp3) is 0.333. The number of aryl methyl sites for hydroxylation is 1. The van der Waals surface area contributed by atoms with Crippen molar-refractivity contribution in [2.24, 2.45) is 10.1 Å². The first-order valence-electron chi connectivity index (χ1n) is 7.43. The van der Waals surface area contributed by atoms with Gasteiger partial charge in [0.1, 0.15) is 5.01 Å². The van der Waals surface area contributed by atoms with Gasteiger partial charge in [-0.25, -0.2) is 23.5 Å². The van der Waals surface area contributed by atoms with E-state index in [2.05, 4.69) is 20.6 Å². The van der Waals surface area contributed by atoms with Crippen LogP contribution in [-0.2, 0) is 23.1 Å². The molecule has 1 heterocycles. The first-order valence-corrected chi connectivity index (χ1v) is 9.80. The molecule has 1 aromatic heterocycles. The van der Waals surface area contributed by atoms with Crippen LogP contribution in [0.2, 0.25) is 0 Å². The number of nitrogens with two attached hydrogens (primary N) is 1. The van der Waals surface area contributed by atoms with Crippen LogP contribution >= 0.6 is 11.3 Å². The van der Waals surface area contributed by atoms with Crippen molar-refractivity contribution in [2.75, 3.05) is 6.54 Å². The number of sulfonamides is 1. The largest absolute Gasteiger partial charge is 0.357 e. The second-order valence-electron chi connectivity index (χ2n) is 5.11. The normalized spacial score (nSPS) is 12.2. The Morgan fingerprint density at radius 1 is 1.38 bits per heavy atom. The summed E-state index contributed by atoms with van der Waals surface area (Å²) in [6, 6.07) is 6.47. The molecule has 0 aliphatic heterocycles. The first kappa shape index (κ1) is 18.4. The summed E-state index contributed by atoms with van der Waals surface area (Å²) in [5, 5.41) is 12.5. The number of nitrogens with one attached hydrogen (secondary N) is 2. The van der Waals surface area contributed by atoms with Gasteiger partial charge in [0.15, 0.2) is 5.96 Å². The van der Waals surface area contributed by atoms with Gasteiger partial charge in [-0.1, -0.05) is 12.1 Å². The maximum absolute atomic E-state index is 11.4. The van der Waals surface area contributed by atoms with Crippen molar-refractivity contribution in [3.63, 3.8) is 0 Å². The topological polar surface area (TPSA) is 109 Å². The molecule has 0 saturated heterocycles. The highest BCUT2D eigenvalue weighted by molar-refractivity contribution is 7.89. The standard InChI is InChI=1S/C15H21N5O2S2/c1-3-17-15(20-10-14-18-8-11(2)23-14)19-9-12-5-4-6-13(7-12)24(16,21)22/h4-8H,3,9-10H2,1-2H3,(H2,16,21,22)(H2,17,19,20). The van der Waals surface area contributed by atoms with Crippen molar-refractivity contribution in [2.45, 2.75) is 31.8 Å². The lowest BCUT2D eigenvalue weighted by molar-refractivity contribution is 0.597. The van der Waals surface area contributed by atoms with Crippen molar-refractivity contribution in [3.05, 3.63) is 45.9 Å². The molecule has 9 heteroatoms. The predicted octanol–water partition coefficient (Wildman–Crippen LogP) is 1.35. The van der Waals surface area contributed by atoms with Gasteiger partial charge in [0.25, 0.3) is 0 Å². The number of thiazole rings is 1. The Morgan fingerprint density at radius 3 is 2.79 bits per heavy atom. The first-order chi connectivity index (χ1) is 11.4. The molecule has 4 N–H and O–H groups in total. The van der Waals surface area contributed by atoms with Crippen molar-refractivity contribution in [3.8, 4) is 0 Å². The van der Waals surface area contributed by atoms with Crippen LogP contribution in [0.25, 0.3) is 0 Å². The fourth-order valence-electron chi connectivity index (χ4n) is 1.98. The molecule has 24 heavy (non-hydrogen) atoms. The molecule has 7 nitrogen and oxygen atoms in total. The molecule has 0 saturated carbocycles. The SMILES string of the molecule is CCNC(=NCc1cccc(S(N)(=O)=O)c1)NCc1ncc(C)s1. The molecule has 0 aliphatic carbocycles. The highest BCUT2D eigenvalue weighted by atomic mass is 32.2. The molecule has 130 valence electrons. The van der Waals surface area contributed by atoms with E-state index in [4.69, 9.17) is 5.14 Å². The summed E-state index contributed by atoms with van der Waals surface area (Å²) in [4.78, 5) is 10.0. The number of hydrogen-bond donors (Lipinski definition) is 3. The molecule has 0 fully saturated rings. The lowest BCUT2D eigenvalue weighted by atomic mass is 10.2. The Balaban J connectivity index is 2.05. The van der Waals surface area contributed by atoms with Crippen molar-refractivity contribution < 1.29 is 8.42 Å². The number of benzene rings is 1. The average molecular weight is 368 g/mol. The second kappa shape index (κ2) is 8.22. The fourth-order valence-corrected chi connectivity index (χ4v) is 3.29. The van der Waals surface area contributed by atoms with E-state index in [9.17, 15) is 8.42 Å². The highest BCUT2D eigenvalue weighted by Crippen LogP contribution is 2.11. The maximum atomic E-state index is 11.4.